The maximum absolute atomic E-state index is 12.9. The maximum Gasteiger partial charge on any atom is 0.416 e. The molecular formula is C22H18F3N5O2. The van der Waals surface area contributed by atoms with E-state index >= 15 is 0 Å². The number of benzene rings is 2. The van der Waals surface area contributed by atoms with Crippen LogP contribution in [0.2, 0.25) is 0 Å². The van der Waals surface area contributed by atoms with Crippen molar-refractivity contribution in [2.24, 2.45) is 5.73 Å². The molecule has 2 heterocycles. The van der Waals surface area contributed by atoms with Crippen molar-refractivity contribution < 1.29 is 22.8 Å². The standard InChI is InChI=1S/C22H18F3N5O2/c23-22(24,25)16-5-1-4-15(11-16)21(32)28-17-6-2-3-14(12-17)18-8-10-29(20(31)13-26)19-7-9-27-30(18)19/h1-9,11-12H,10,13,26H2,(H,28,32). The molecule has 2 aromatic carbocycles. The highest BCUT2D eigenvalue weighted by molar-refractivity contribution is 6.04. The fraction of sp³-hybridized carbons (Fsp3) is 0.136. The lowest BCUT2D eigenvalue weighted by Crippen LogP contribution is -2.39. The van der Waals surface area contributed by atoms with Crippen molar-refractivity contribution >= 4 is 29.0 Å². The number of amides is 2. The number of anilines is 2. The third-order valence-corrected chi connectivity index (χ3v) is 4.94. The highest BCUT2D eigenvalue weighted by atomic mass is 19.4. The number of aromatic nitrogens is 2. The quantitative estimate of drug-likeness (QED) is 0.650. The first-order chi connectivity index (χ1) is 15.3. The molecule has 164 valence electrons. The van der Waals surface area contributed by atoms with Gasteiger partial charge in [-0.05, 0) is 36.4 Å². The monoisotopic (exact) mass is 441 g/mol. The molecule has 0 bridgehead atoms. The lowest BCUT2D eigenvalue weighted by molar-refractivity contribution is -0.137. The summed E-state index contributed by atoms with van der Waals surface area (Å²) in [6, 6.07) is 12.7. The van der Waals surface area contributed by atoms with Gasteiger partial charge in [-0.25, -0.2) is 4.68 Å². The van der Waals surface area contributed by atoms with Crippen LogP contribution in [-0.4, -0.2) is 34.7 Å². The van der Waals surface area contributed by atoms with Crippen LogP contribution in [0.3, 0.4) is 0 Å². The predicted octanol–water partition coefficient (Wildman–Crippen LogP) is 3.35. The van der Waals surface area contributed by atoms with Crippen molar-refractivity contribution in [2.75, 3.05) is 23.3 Å². The van der Waals surface area contributed by atoms with Gasteiger partial charge >= 0.3 is 6.18 Å². The Labute approximate surface area is 180 Å². The first-order valence-corrected chi connectivity index (χ1v) is 9.62. The zero-order valence-corrected chi connectivity index (χ0v) is 16.6. The number of nitrogens with two attached hydrogens (primary N) is 1. The minimum absolute atomic E-state index is 0.104. The number of rotatable bonds is 4. The molecule has 3 N–H and O–H groups in total. The summed E-state index contributed by atoms with van der Waals surface area (Å²) in [5, 5.41) is 6.90. The number of halogens is 3. The van der Waals surface area contributed by atoms with E-state index in [-0.39, 0.29) is 18.0 Å². The summed E-state index contributed by atoms with van der Waals surface area (Å²) in [6.45, 7) is 0.170. The van der Waals surface area contributed by atoms with Crippen LogP contribution in [0.1, 0.15) is 21.5 Å². The lowest BCUT2D eigenvalue weighted by atomic mass is 10.1. The Balaban J connectivity index is 1.58. The number of alkyl halides is 3. The Morgan fingerprint density at radius 1 is 1.09 bits per heavy atom. The van der Waals surface area contributed by atoms with Gasteiger partial charge in [-0.15, -0.1) is 0 Å². The van der Waals surface area contributed by atoms with Gasteiger partial charge in [0.2, 0.25) is 5.91 Å². The van der Waals surface area contributed by atoms with E-state index in [1.54, 1.807) is 47.3 Å². The smallest absolute Gasteiger partial charge is 0.322 e. The Morgan fingerprint density at radius 2 is 1.88 bits per heavy atom. The number of nitrogens with one attached hydrogen (secondary N) is 1. The number of carbonyl (C=O) groups is 2. The van der Waals surface area contributed by atoms with Crippen LogP contribution < -0.4 is 16.0 Å². The molecule has 10 heteroatoms. The lowest BCUT2D eigenvalue weighted by Gasteiger charge is -2.27. The van der Waals surface area contributed by atoms with Crippen LogP contribution in [-0.2, 0) is 11.0 Å². The van der Waals surface area contributed by atoms with E-state index in [0.717, 1.165) is 12.1 Å². The molecule has 0 spiro atoms. The van der Waals surface area contributed by atoms with E-state index < -0.39 is 17.6 Å². The third kappa shape index (κ3) is 4.12. The van der Waals surface area contributed by atoms with Gasteiger partial charge in [0.05, 0.1) is 24.0 Å². The zero-order valence-electron chi connectivity index (χ0n) is 16.6. The molecule has 7 nitrogen and oxygen atoms in total. The topological polar surface area (TPSA) is 93.3 Å². The Bertz CT molecular complexity index is 1220. The number of carbonyl (C=O) groups excluding carboxylic acids is 2. The van der Waals surface area contributed by atoms with Gasteiger partial charge in [0.15, 0.2) is 0 Å². The first kappa shape index (κ1) is 21.3. The second-order valence-electron chi connectivity index (χ2n) is 7.01. The summed E-state index contributed by atoms with van der Waals surface area (Å²) in [5.74, 6) is -0.342. The molecule has 2 amide bonds. The Morgan fingerprint density at radius 3 is 2.62 bits per heavy atom. The van der Waals surface area contributed by atoms with Crippen molar-refractivity contribution in [3.63, 3.8) is 0 Å². The molecule has 1 aliphatic rings. The summed E-state index contributed by atoms with van der Waals surface area (Å²) in [6.07, 6.45) is -1.17. The normalized spacial score (nSPS) is 13.4. The van der Waals surface area contributed by atoms with E-state index in [1.807, 2.05) is 0 Å². The molecule has 1 aliphatic heterocycles. The largest absolute Gasteiger partial charge is 0.416 e. The molecule has 0 atom stereocenters. The van der Waals surface area contributed by atoms with Crippen LogP contribution in [0.15, 0.2) is 66.9 Å². The second kappa shape index (κ2) is 8.31. The van der Waals surface area contributed by atoms with E-state index in [4.69, 9.17) is 5.73 Å². The fourth-order valence-corrected chi connectivity index (χ4v) is 3.42. The van der Waals surface area contributed by atoms with Crippen LogP contribution in [0.5, 0.6) is 0 Å². The van der Waals surface area contributed by atoms with E-state index in [1.165, 1.54) is 17.0 Å². The fourth-order valence-electron chi connectivity index (χ4n) is 3.42. The van der Waals surface area contributed by atoms with E-state index in [9.17, 15) is 22.8 Å². The Kier molecular flexibility index (Phi) is 5.54. The van der Waals surface area contributed by atoms with Crippen molar-refractivity contribution in [3.05, 3.63) is 83.6 Å². The van der Waals surface area contributed by atoms with E-state index in [0.29, 0.717) is 29.3 Å². The van der Waals surface area contributed by atoms with Crippen LogP contribution in [0.4, 0.5) is 24.7 Å². The minimum atomic E-state index is -4.54. The SMILES string of the molecule is NCC(=O)N1CC=C(c2cccc(NC(=O)c3cccc(C(F)(F)F)c3)c2)n2nccc21. The molecule has 0 radical (unpaired) electrons. The van der Waals surface area contributed by atoms with Crippen LogP contribution >= 0.6 is 0 Å². The maximum atomic E-state index is 12.9. The van der Waals surface area contributed by atoms with Crippen molar-refractivity contribution in [1.29, 1.82) is 0 Å². The van der Waals surface area contributed by atoms with Crippen LogP contribution in [0, 0.1) is 0 Å². The number of hydrogen-bond donors (Lipinski definition) is 2. The molecule has 4 rings (SSSR count). The minimum Gasteiger partial charge on any atom is -0.322 e. The third-order valence-electron chi connectivity index (χ3n) is 4.94. The molecule has 0 unspecified atom stereocenters. The van der Waals surface area contributed by atoms with Crippen molar-refractivity contribution in [1.82, 2.24) is 9.78 Å². The summed E-state index contributed by atoms with van der Waals surface area (Å²) in [5.41, 5.74) is 6.28. The molecule has 0 fully saturated rings. The molecular weight excluding hydrogens is 423 g/mol. The molecule has 0 saturated carbocycles. The highest BCUT2D eigenvalue weighted by Crippen LogP contribution is 2.31. The highest BCUT2D eigenvalue weighted by Gasteiger charge is 2.31. The number of hydrogen-bond acceptors (Lipinski definition) is 4. The first-order valence-electron chi connectivity index (χ1n) is 9.62. The summed E-state index contributed by atoms with van der Waals surface area (Å²) in [7, 11) is 0. The van der Waals surface area contributed by atoms with Gasteiger partial charge in [0.1, 0.15) is 5.82 Å². The number of nitrogens with zero attached hydrogens (tertiary/aromatic N) is 3. The van der Waals surface area contributed by atoms with Crippen molar-refractivity contribution in [3.8, 4) is 0 Å². The molecule has 0 saturated heterocycles. The zero-order chi connectivity index (χ0) is 22.9. The van der Waals surface area contributed by atoms with E-state index in [2.05, 4.69) is 10.4 Å². The van der Waals surface area contributed by atoms with Gasteiger partial charge in [-0.3, -0.25) is 14.5 Å². The summed E-state index contributed by atoms with van der Waals surface area (Å²) >= 11 is 0. The average molecular weight is 441 g/mol. The molecule has 0 aliphatic carbocycles. The average Bonchev–Trinajstić information content (AvgIpc) is 3.27. The van der Waals surface area contributed by atoms with Gasteiger partial charge in [-0.1, -0.05) is 18.2 Å². The number of fused-ring (bicyclic) bond motifs is 1. The van der Waals surface area contributed by atoms with Crippen LogP contribution in [0.25, 0.3) is 5.70 Å². The predicted molar refractivity (Wildman–Crippen MR) is 113 cm³/mol. The summed E-state index contributed by atoms with van der Waals surface area (Å²) in [4.78, 5) is 26.1. The molecule has 1 aromatic heterocycles. The van der Waals surface area contributed by atoms with Gasteiger partial charge in [-0.2, -0.15) is 18.3 Å². The van der Waals surface area contributed by atoms with Crippen molar-refractivity contribution in [2.45, 2.75) is 6.18 Å². The van der Waals surface area contributed by atoms with Gasteiger partial charge < -0.3 is 11.1 Å². The van der Waals surface area contributed by atoms with Gasteiger partial charge in [0.25, 0.3) is 5.91 Å². The Hall–Kier alpha value is -3.92. The summed E-state index contributed by atoms with van der Waals surface area (Å²) < 4.78 is 40.4. The molecule has 3 aromatic rings. The van der Waals surface area contributed by atoms with Gasteiger partial charge in [0, 0.05) is 29.4 Å². The second-order valence-corrected chi connectivity index (χ2v) is 7.01. The molecule has 32 heavy (non-hydrogen) atoms.